The van der Waals surface area contributed by atoms with E-state index in [1.807, 2.05) is 0 Å². The smallest absolute Gasteiger partial charge is 0.128 e. The zero-order chi connectivity index (χ0) is 13.2. The normalized spacial score (nSPS) is 16.4. The summed E-state index contributed by atoms with van der Waals surface area (Å²) in [4.78, 5) is 7.07. The topological polar surface area (TPSA) is 28.2 Å². The summed E-state index contributed by atoms with van der Waals surface area (Å²) < 4.78 is 0. The van der Waals surface area contributed by atoms with Gasteiger partial charge in [0.2, 0.25) is 0 Å². The highest BCUT2D eigenvalue weighted by molar-refractivity contribution is 5.40. The summed E-state index contributed by atoms with van der Waals surface area (Å²) >= 11 is 0. The standard InChI is InChI=1S/C15H25N3/c1-15(2,3)16-11-12-7-5-10-14(17-12)18(4)13-8-6-9-13/h5,7,10,13,16H,6,8-9,11H2,1-4H3. The number of nitrogens with zero attached hydrogens (tertiary/aromatic N) is 2. The highest BCUT2D eigenvalue weighted by Gasteiger charge is 2.23. The molecule has 3 heteroatoms. The Labute approximate surface area is 111 Å². The summed E-state index contributed by atoms with van der Waals surface area (Å²) in [6.07, 6.45) is 3.98. The second-order valence-corrected chi connectivity index (χ2v) is 6.29. The van der Waals surface area contributed by atoms with Gasteiger partial charge in [-0.15, -0.1) is 0 Å². The van der Waals surface area contributed by atoms with Crippen molar-refractivity contribution < 1.29 is 0 Å². The van der Waals surface area contributed by atoms with E-state index in [9.17, 15) is 0 Å². The van der Waals surface area contributed by atoms with Crippen LogP contribution in [0.2, 0.25) is 0 Å². The first-order chi connectivity index (χ1) is 8.46. The first-order valence-corrected chi connectivity index (χ1v) is 6.89. The zero-order valence-corrected chi connectivity index (χ0v) is 12.0. The lowest BCUT2D eigenvalue weighted by atomic mass is 9.92. The molecule has 1 N–H and O–H groups in total. The minimum absolute atomic E-state index is 0.136. The van der Waals surface area contributed by atoms with Crippen molar-refractivity contribution in [1.82, 2.24) is 10.3 Å². The lowest BCUT2D eigenvalue weighted by Gasteiger charge is -2.35. The molecule has 1 fully saturated rings. The first-order valence-electron chi connectivity index (χ1n) is 6.89. The van der Waals surface area contributed by atoms with E-state index < -0.39 is 0 Å². The summed E-state index contributed by atoms with van der Waals surface area (Å²) in [5, 5.41) is 3.48. The van der Waals surface area contributed by atoms with E-state index in [1.54, 1.807) is 0 Å². The third-order valence-electron chi connectivity index (χ3n) is 3.58. The van der Waals surface area contributed by atoms with Crippen LogP contribution in [0.1, 0.15) is 45.7 Å². The third kappa shape index (κ3) is 3.45. The van der Waals surface area contributed by atoms with Crippen molar-refractivity contribution in [2.75, 3.05) is 11.9 Å². The van der Waals surface area contributed by atoms with Crippen LogP contribution in [0.4, 0.5) is 5.82 Å². The monoisotopic (exact) mass is 247 g/mol. The largest absolute Gasteiger partial charge is 0.357 e. The van der Waals surface area contributed by atoms with E-state index in [-0.39, 0.29) is 5.54 Å². The predicted molar refractivity (Wildman–Crippen MR) is 76.9 cm³/mol. The van der Waals surface area contributed by atoms with Crippen molar-refractivity contribution in [2.45, 2.75) is 58.2 Å². The Morgan fingerprint density at radius 3 is 2.61 bits per heavy atom. The molecule has 1 aliphatic rings. The molecule has 0 aromatic carbocycles. The molecule has 0 spiro atoms. The van der Waals surface area contributed by atoms with Gasteiger partial charge >= 0.3 is 0 Å². The van der Waals surface area contributed by atoms with Gasteiger partial charge in [-0.2, -0.15) is 0 Å². The zero-order valence-electron chi connectivity index (χ0n) is 12.0. The van der Waals surface area contributed by atoms with Crippen LogP contribution >= 0.6 is 0 Å². The molecule has 0 bridgehead atoms. The van der Waals surface area contributed by atoms with Crippen LogP contribution < -0.4 is 10.2 Å². The Hall–Kier alpha value is -1.09. The summed E-state index contributed by atoms with van der Waals surface area (Å²) in [6, 6.07) is 7.01. The lowest BCUT2D eigenvalue weighted by molar-refractivity contribution is 0.398. The molecule has 2 rings (SSSR count). The Bertz CT molecular complexity index is 391. The van der Waals surface area contributed by atoms with E-state index in [1.165, 1.54) is 19.3 Å². The van der Waals surface area contributed by atoms with Crippen LogP contribution in [0.3, 0.4) is 0 Å². The van der Waals surface area contributed by atoms with Crippen molar-refractivity contribution in [1.29, 1.82) is 0 Å². The molecule has 1 aromatic heterocycles. The fraction of sp³-hybridized carbons (Fsp3) is 0.667. The van der Waals surface area contributed by atoms with Gasteiger partial charge < -0.3 is 10.2 Å². The fourth-order valence-electron chi connectivity index (χ4n) is 2.08. The molecular weight excluding hydrogens is 222 g/mol. The first kappa shape index (κ1) is 13.3. The van der Waals surface area contributed by atoms with Crippen LogP contribution in [0.5, 0.6) is 0 Å². The van der Waals surface area contributed by atoms with Crippen molar-refractivity contribution in [3.05, 3.63) is 23.9 Å². The van der Waals surface area contributed by atoms with Gasteiger partial charge in [-0.1, -0.05) is 6.07 Å². The molecule has 1 heterocycles. The number of anilines is 1. The van der Waals surface area contributed by atoms with Crippen molar-refractivity contribution in [3.63, 3.8) is 0 Å². The lowest BCUT2D eigenvalue weighted by Crippen LogP contribution is -2.38. The molecule has 0 aliphatic heterocycles. The highest BCUT2D eigenvalue weighted by atomic mass is 15.2. The molecular formula is C15H25N3. The van der Waals surface area contributed by atoms with Crippen LogP contribution in [-0.2, 0) is 6.54 Å². The van der Waals surface area contributed by atoms with Crippen LogP contribution in [0.25, 0.3) is 0 Å². The van der Waals surface area contributed by atoms with Gasteiger partial charge in [0.25, 0.3) is 0 Å². The van der Waals surface area contributed by atoms with Gasteiger partial charge in [-0.25, -0.2) is 4.98 Å². The molecule has 1 aromatic rings. The van der Waals surface area contributed by atoms with Crippen molar-refractivity contribution >= 4 is 5.82 Å². The van der Waals surface area contributed by atoms with Crippen molar-refractivity contribution in [3.8, 4) is 0 Å². The quantitative estimate of drug-likeness (QED) is 0.886. The summed E-state index contributed by atoms with van der Waals surface area (Å²) in [7, 11) is 2.16. The van der Waals surface area contributed by atoms with E-state index >= 15 is 0 Å². The SMILES string of the molecule is CN(c1cccc(CNC(C)(C)C)n1)C1CCC1. The van der Waals surface area contributed by atoms with Gasteiger partial charge in [0.1, 0.15) is 5.82 Å². The molecule has 0 atom stereocenters. The number of hydrogen-bond acceptors (Lipinski definition) is 3. The summed E-state index contributed by atoms with van der Waals surface area (Å²) in [5.74, 6) is 1.10. The molecule has 0 amide bonds. The molecule has 100 valence electrons. The number of aromatic nitrogens is 1. The van der Waals surface area contributed by atoms with E-state index in [2.05, 4.69) is 56.2 Å². The number of nitrogens with one attached hydrogen (secondary N) is 1. The molecule has 0 radical (unpaired) electrons. The maximum atomic E-state index is 4.74. The summed E-state index contributed by atoms with van der Waals surface area (Å²) in [6.45, 7) is 7.36. The second kappa shape index (κ2) is 5.27. The average molecular weight is 247 g/mol. The number of hydrogen-bond donors (Lipinski definition) is 1. The number of rotatable bonds is 4. The van der Waals surface area contributed by atoms with Crippen LogP contribution in [0, 0.1) is 0 Å². The molecule has 18 heavy (non-hydrogen) atoms. The summed E-state index contributed by atoms with van der Waals surface area (Å²) in [5.41, 5.74) is 1.26. The van der Waals surface area contributed by atoms with Gasteiger partial charge in [-0.05, 0) is 52.2 Å². The Morgan fingerprint density at radius 2 is 2.06 bits per heavy atom. The fourth-order valence-corrected chi connectivity index (χ4v) is 2.08. The van der Waals surface area contributed by atoms with Gasteiger partial charge in [-0.3, -0.25) is 0 Å². The average Bonchev–Trinajstić information content (AvgIpc) is 2.23. The highest BCUT2D eigenvalue weighted by Crippen LogP contribution is 2.27. The minimum Gasteiger partial charge on any atom is -0.357 e. The third-order valence-corrected chi connectivity index (χ3v) is 3.58. The van der Waals surface area contributed by atoms with Crippen LogP contribution in [0.15, 0.2) is 18.2 Å². The molecule has 1 saturated carbocycles. The van der Waals surface area contributed by atoms with E-state index in [4.69, 9.17) is 4.98 Å². The molecule has 0 unspecified atom stereocenters. The Morgan fingerprint density at radius 1 is 1.33 bits per heavy atom. The van der Waals surface area contributed by atoms with E-state index in [0.29, 0.717) is 6.04 Å². The Kier molecular flexibility index (Phi) is 3.91. The van der Waals surface area contributed by atoms with Crippen molar-refractivity contribution in [2.24, 2.45) is 0 Å². The van der Waals surface area contributed by atoms with Gasteiger partial charge in [0.05, 0.1) is 5.69 Å². The van der Waals surface area contributed by atoms with E-state index in [0.717, 1.165) is 18.1 Å². The predicted octanol–water partition coefficient (Wildman–Crippen LogP) is 2.96. The van der Waals surface area contributed by atoms with Crippen LogP contribution in [-0.4, -0.2) is 23.6 Å². The number of pyridine rings is 1. The minimum atomic E-state index is 0.136. The Balaban J connectivity index is 2.00. The second-order valence-electron chi connectivity index (χ2n) is 6.29. The maximum absolute atomic E-state index is 4.74. The maximum Gasteiger partial charge on any atom is 0.128 e. The molecule has 1 aliphatic carbocycles. The van der Waals surface area contributed by atoms with Gasteiger partial charge in [0.15, 0.2) is 0 Å². The van der Waals surface area contributed by atoms with Gasteiger partial charge in [0, 0.05) is 25.2 Å². The molecule has 0 saturated heterocycles. The molecule has 3 nitrogen and oxygen atoms in total.